The number of aliphatic carboxylic acids is 1. The summed E-state index contributed by atoms with van der Waals surface area (Å²) in [7, 11) is 0. The number of carboxylic acid groups (broad SMARTS) is 1. The van der Waals surface area contributed by atoms with E-state index in [0.717, 1.165) is 22.3 Å². The molecular formula is C22H22F2N2O5. The van der Waals surface area contributed by atoms with E-state index in [9.17, 15) is 23.2 Å². The molecule has 3 N–H and O–H groups in total. The van der Waals surface area contributed by atoms with Gasteiger partial charge in [0.1, 0.15) is 12.6 Å². The zero-order valence-corrected chi connectivity index (χ0v) is 16.5. The molecule has 0 bridgehead atoms. The zero-order chi connectivity index (χ0) is 22.4. The van der Waals surface area contributed by atoms with Gasteiger partial charge in [0, 0.05) is 18.9 Å². The van der Waals surface area contributed by atoms with E-state index < -0.39 is 36.9 Å². The van der Waals surface area contributed by atoms with Gasteiger partial charge in [-0.1, -0.05) is 48.5 Å². The van der Waals surface area contributed by atoms with Crippen molar-refractivity contribution in [2.45, 2.75) is 31.2 Å². The van der Waals surface area contributed by atoms with Crippen molar-refractivity contribution < 1.29 is 33.0 Å². The van der Waals surface area contributed by atoms with Crippen LogP contribution in [0.15, 0.2) is 48.5 Å². The van der Waals surface area contributed by atoms with Crippen LogP contribution in [0.4, 0.5) is 13.6 Å². The largest absolute Gasteiger partial charge is 0.481 e. The number of carbonyl (C=O) groups is 3. The molecule has 0 saturated heterocycles. The number of alkyl halides is 2. The number of carboxylic acids is 1. The Morgan fingerprint density at radius 3 is 2.13 bits per heavy atom. The standard InChI is InChI=1S/C22H22F2N2O5/c23-19(24)11-18(21(29)25-10-9-20(27)28)26-22(30)31-12-17-15-7-3-1-5-13(15)14-6-2-4-8-16(14)17/h1-8,17-19H,9-12H2,(H,25,29)(H,26,30)(H,27,28). The number of carbonyl (C=O) groups excluding carboxylic acids is 2. The van der Waals surface area contributed by atoms with Gasteiger partial charge < -0.3 is 20.5 Å². The summed E-state index contributed by atoms with van der Waals surface area (Å²) >= 11 is 0. The number of rotatable bonds is 9. The first-order chi connectivity index (χ1) is 14.9. The number of fused-ring (bicyclic) bond motifs is 3. The molecule has 1 unspecified atom stereocenters. The second-order valence-corrected chi connectivity index (χ2v) is 7.08. The number of amides is 2. The molecule has 0 heterocycles. The van der Waals surface area contributed by atoms with E-state index in [2.05, 4.69) is 10.6 Å². The maximum atomic E-state index is 12.8. The number of alkyl carbamates (subject to hydrolysis) is 1. The average Bonchev–Trinajstić information content (AvgIpc) is 3.05. The van der Waals surface area contributed by atoms with Crippen LogP contribution in [0, 0.1) is 0 Å². The van der Waals surface area contributed by atoms with Gasteiger partial charge in [-0.2, -0.15) is 0 Å². The number of hydrogen-bond acceptors (Lipinski definition) is 4. The Morgan fingerprint density at radius 2 is 1.58 bits per heavy atom. The fourth-order valence-electron chi connectivity index (χ4n) is 3.61. The topological polar surface area (TPSA) is 105 Å². The van der Waals surface area contributed by atoms with E-state index in [1.54, 1.807) is 0 Å². The van der Waals surface area contributed by atoms with Gasteiger partial charge >= 0.3 is 12.1 Å². The first-order valence-corrected chi connectivity index (χ1v) is 9.76. The van der Waals surface area contributed by atoms with Crippen molar-refractivity contribution in [3.63, 3.8) is 0 Å². The molecule has 7 nitrogen and oxygen atoms in total. The summed E-state index contributed by atoms with van der Waals surface area (Å²) in [5.74, 6) is -2.25. The summed E-state index contributed by atoms with van der Waals surface area (Å²) in [6.07, 6.45) is -5.12. The molecule has 1 aliphatic carbocycles. The summed E-state index contributed by atoms with van der Waals surface area (Å²) < 4.78 is 31.0. The van der Waals surface area contributed by atoms with Crippen LogP contribution in [0.2, 0.25) is 0 Å². The normalized spacial score (nSPS) is 13.3. The molecule has 3 rings (SSSR count). The number of hydrogen-bond donors (Lipinski definition) is 3. The molecule has 2 aromatic rings. The molecule has 2 amide bonds. The lowest BCUT2D eigenvalue weighted by Gasteiger charge is -2.19. The molecule has 9 heteroatoms. The van der Waals surface area contributed by atoms with E-state index in [-0.39, 0.29) is 25.5 Å². The van der Waals surface area contributed by atoms with Crippen LogP contribution >= 0.6 is 0 Å². The minimum absolute atomic E-state index is 0.0259. The van der Waals surface area contributed by atoms with Crippen LogP contribution in [-0.4, -0.2) is 48.7 Å². The van der Waals surface area contributed by atoms with E-state index >= 15 is 0 Å². The molecule has 2 aromatic carbocycles. The monoisotopic (exact) mass is 432 g/mol. The van der Waals surface area contributed by atoms with Gasteiger partial charge in [0.05, 0.1) is 6.42 Å². The van der Waals surface area contributed by atoms with Crippen LogP contribution in [-0.2, 0) is 14.3 Å². The predicted molar refractivity (Wildman–Crippen MR) is 108 cm³/mol. The minimum atomic E-state index is -2.84. The molecule has 1 aliphatic rings. The Bertz CT molecular complexity index is 921. The third kappa shape index (κ3) is 5.56. The summed E-state index contributed by atoms with van der Waals surface area (Å²) in [5, 5.41) is 13.0. The van der Waals surface area contributed by atoms with Gasteiger partial charge in [-0.15, -0.1) is 0 Å². The maximum Gasteiger partial charge on any atom is 0.407 e. The van der Waals surface area contributed by atoms with Crippen molar-refractivity contribution in [2.75, 3.05) is 13.2 Å². The minimum Gasteiger partial charge on any atom is -0.481 e. The summed E-state index contributed by atoms with van der Waals surface area (Å²) in [4.78, 5) is 34.9. The molecular weight excluding hydrogens is 410 g/mol. The van der Waals surface area contributed by atoms with Gasteiger partial charge in [-0.3, -0.25) is 9.59 Å². The molecule has 164 valence electrons. The highest BCUT2D eigenvalue weighted by Gasteiger charge is 2.30. The second kappa shape index (κ2) is 10.0. The molecule has 0 aliphatic heterocycles. The molecule has 0 aromatic heterocycles. The van der Waals surface area contributed by atoms with E-state index in [1.807, 2.05) is 48.5 Å². The molecule has 0 radical (unpaired) electrons. The Hall–Kier alpha value is -3.49. The SMILES string of the molecule is O=C(O)CCNC(=O)C(CC(F)F)NC(=O)OCC1c2ccccc2-c2ccccc21. The molecule has 1 atom stereocenters. The fourth-order valence-corrected chi connectivity index (χ4v) is 3.61. The fraction of sp³-hybridized carbons (Fsp3) is 0.318. The summed E-state index contributed by atoms with van der Waals surface area (Å²) in [6.45, 7) is -0.262. The maximum absolute atomic E-state index is 12.8. The van der Waals surface area contributed by atoms with Crippen molar-refractivity contribution >= 4 is 18.0 Å². The third-order valence-corrected chi connectivity index (χ3v) is 5.00. The van der Waals surface area contributed by atoms with E-state index in [4.69, 9.17) is 9.84 Å². The van der Waals surface area contributed by atoms with Crippen molar-refractivity contribution in [2.24, 2.45) is 0 Å². The van der Waals surface area contributed by atoms with Crippen molar-refractivity contribution in [3.05, 3.63) is 59.7 Å². The van der Waals surface area contributed by atoms with Crippen LogP contribution in [0.3, 0.4) is 0 Å². The van der Waals surface area contributed by atoms with E-state index in [0.29, 0.717) is 0 Å². The molecule has 0 fully saturated rings. The lowest BCUT2D eigenvalue weighted by Crippen LogP contribution is -2.48. The first kappa shape index (κ1) is 22.2. The lowest BCUT2D eigenvalue weighted by atomic mass is 9.98. The Balaban J connectivity index is 1.62. The van der Waals surface area contributed by atoms with Gasteiger partial charge in [0.15, 0.2) is 0 Å². The van der Waals surface area contributed by atoms with Gasteiger partial charge in [-0.25, -0.2) is 13.6 Å². The van der Waals surface area contributed by atoms with Gasteiger partial charge in [0.25, 0.3) is 0 Å². The molecule has 0 spiro atoms. The number of ether oxygens (including phenoxy) is 1. The molecule has 0 saturated carbocycles. The zero-order valence-electron chi connectivity index (χ0n) is 16.5. The summed E-state index contributed by atoms with van der Waals surface area (Å²) in [6, 6.07) is 13.9. The number of nitrogens with one attached hydrogen (secondary N) is 2. The number of halogens is 2. The third-order valence-electron chi connectivity index (χ3n) is 5.00. The second-order valence-electron chi connectivity index (χ2n) is 7.08. The predicted octanol–water partition coefficient (Wildman–Crippen LogP) is 3.14. The lowest BCUT2D eigenvalue weighted by molar-refractivity contribution is -0.137. The smallest absolute Gasteiger partial charge is 0.407 e. The Kier molecular flexibility index (Phi) is 7.17. The highest BCUT2D eigenvalue weighted by atomic mass is 19.3. The highest BCUT2D eigenvalue weighted by Crippen LogP contribution is 2.44. The van der Waals surface area contributed by atoms with Crippen LogP contribution in [0.1, 0.15) is 29.9 Å². The quantitative estimate of drug-likeness (QED) is 0.565. The van der Waals surface area contributed by atoms with Crippen molar-refractivity contribution in [1.82, 2.24) is 10.6 Å². The van der Waals surface area contributed by atoms with Crippen molar-refractivity contribution in [1.29, 1.82) is 0 Å². The Morgan fingerprint density at radius 1 is 1.00 bits per heavy atom. The summed E-state index contributed by atoms with van der Waals surface area (Å²) in [5.41, 5.74) is 4.07. The molecule has 31 heavy (non-hydrogen) atoms. The highest BCUT2D eigenvalue weighted by molar-refractivity contribution is 5.86. The van der Waals surface area contributed by atoms with Gasteiger partial charge in [0.2, 0.25) is 12.3 Å². The van der Waals surface area contributed by atoms with Gasteiger partial charge in [-0.05, 0) is 22.3 Å². The Labute approximate surface area is 177 Å². The van der Waals surface area contributed by atoms with Crippen LogP contribution < -0.4 is 10.6 Å². The van der Waals surface area contributed by atoms with Crippen molar-refractivity contribution in [3.8, 4) is 11.1 Å². The first-order valence-electron chi connectivity index (χ1n) is 9.76. The van der Waals surface area contributed by atoms with Crippen LogP contribution in [0.25, 0.3) is 11.1 Å². The number of benzene rings is 2. The van der Waals surface area contributed by atoms with E-state index in [1.165, 1.54) is 0 Å². The van der Waals surface area contributed by atoms with Crippen LogP contribution in [0.5, 0.6) is 0 Å². The average molecular weight is 432 g/mol.